The largest absolute Gasteiger partial charge is 0.325 e. The predicted octanol–water partition coefficient (Wildman–Crippen LogP) is 2.66. The molecule has 116 valence electrons. The fraction of sp³-hybridized carbons (Fsp3) is 0.167. The summed E-state index contributed by atoms with van der Waals surface area (Å²) in [5.74, 6) is -1.50. The Morgan fingerprint density at radius 3 is 2.35 bits per heavy atom. The van der Waals surface area contributed by atoms with Crippen molar-refractivity contribution in [3.8, 4) is 0 Å². The molecule has 5 heteroatoms. The Labute approximate surface area is 134 Å². The first-order valence-corrected chi connectivity index (χ1v) is 7.41. The number of anilines is 1. The molecule has 1 aliphatic rings. The number of carbonyl (C=O) groups is 2. The molecular formula is C18H17N3O2. The van der Waals surface area contributed by atoms with Crippen LogP contribution in [0.5, 0.6) is 0 Å². The summed E-state index contributed by atoms with van der Waals surface area (Å²) in [7, 11) is 0. The van der Waals surface area contributed by atoms with Gasteiger partial charge in [-0.05, 0) is 24.6 Å². The maximum absolute atomic E-state index is 12.5. The molecular weight excluding hydrogens is 290 g/mol. The van der Waals surface area contributed by atoms with Gasteiger partial charge in [-0.1, -0.05) is 48.5 Å². The minimum absolute atomic E-state index is 0.292. The number of hydrogen-bond acceptors (Lipinski definition) is 3. The summed E-state index contributed by atoms with van der Waals surface area (Å²) < 4.78 is 0. The monoisotopic (exact) mass is 307 g/mol. The molecule has 0 saturated heterocycles. The average molecular weight is 307 g/mol. The SMILES string of the molecule is CC1=NN(Cc2ccccc2)C(=O)[C@@H]1C(=O)Nc1ccccc1. The first kappa shape index (κ1) is 15.0. The zero-order valence-electron chi connectivity index (χ0n) is 12.8. The lowest BCUT2D eigenvalue weighted by Crippen LogP contribution is -2.35. The van der Waals surface area contributed by atoms with Crippen LogP contribution in [0.2, 0.25) is 0 Å². The maximum Gasteiger partial charge on any atom is 0.261 e. The Morgan fingerprint density at radius 2 is 1.70 bits per heavy atom. The van der Waals surface area contributed by atoms with Gasteiger partial charge in [0.15, 0.2) is 5.92 Å². The van der Waals surface area contributed by atoms with Crippen molar-refractivity contribution in [2.75, 3.05) is 5.32 Å². The Morgan fingerprint density at radius 1 is 1.09 bits per heavy atom. The van der Waals surface area contributed by atoms with Crippen LogP contribution in [0.25, 0.3) is 0 Å². The molecule has 1 N–H and O–H groups in total. The average Bonchev–Trinajstić information content (AvgIpc) is 2.83. The summed E-state index contributed by atoms with van der Waals surface area (Å²) in [5, 5.41) is 8.37. The summed E-state index contributed by atoms with van der Waals surface area (Å²) in [6.07, 6.45) is 0. The van der Waals surface area contributed by atoms with E-state index < -0.39 is 5.92 Å². The van der Waals surface area contributed by atoms with Gasteiger partial charge in [0.05, 0.1) is 12.3 Å². The number of amides is 2. The third kappa shape index (κ3) is 3.29. The van der Waals surface area contributed by atoms with Crippen molar-refractivity contribution in [2.45, 2.75) is 13.5 Å². The van der Waals surface area contributed by atoms with Crippen molar-refractivity contribution in [1.82, 2.24) is 5.01 Å². The van der Waals surface area contributed by atoms with Crippen LogP contribution in [0.4, 0.5) is 5.69 Å². The summed E-state index contributed by atoms with van der Waals surface area (Å²) in [4.78, 5) is 24.9. The van der Waals surface area contributed by atoms with E-state index in [9.17, 15) is 9.59 Å². The van der Waals surface area contributed by atoms with E-state index >= 15 is 0 Å². The fourth-order valence-corrected chi connectivity index (χ4v) is 2.53. The quantitative estimate of drug-likeness (QED) is 0.883. The molecule has 2 aromatic rings. The Bertz CT molecular complexity index is 741. The van der Waals surface area contributed by atoms with E-state index in [2.05, 4.69) is 10.4 Å². The van der Waals surface area contributed by atoms with Crippen molar-refractivity contribution in [3.05, 3.63) is 66.2 Å². The molecule has 0 unspecified atom stereocenters. The fourth-order valence-electron chi connectivity index (χ4n) is 2.53. The van der Waals surface area contributed by atoms with Crippen LogP contribution in [0.3, 0.4) is 0 Å². The zero-order valence-corrected chi connectivity index (χ0v) is 12.8. The van der Waals surface area contributed by atoms with Gasteiger partial charge in [-0.3, -0.25) is 9.59 Å². The number of carbonyl (C=O) groups excluding carboxylic acids is 2. The molecule has 0 fully saturated rings. The minimum Gasteiger partial charge on any atom is -0.325 e. The highest BCUT2D eigenvalue weighted by molar-refractivity contribution is 6.24. The summed E-state index contributed by atoms with van der Waals surface area (Å²) >= 11 is 0. The van der Waals surface area contributed by atoms with Crippen molar-refractivity contribution < 1.29 is 9.59 Å². The van der Waals surface area contributed by atoms with Crippen LogP contribution in [-0.2, 0) is 16.1 Å². The van der Waals surface area contributed by atoms with Crippen LogP contribution in [-0.4, -0.2) is 22.5 Å². The van der Waals surface area contributed by atoms with Gasteiger partial charge in [0, 0.05) is 5.69 Å². The van der Waals surface area contributed by atoms with E-state index in [1.165, 1.54) is 5.01 Å². The second-order valence-corrected chi connectivity index (χ2v) is 5.41. The summed E-state index contributed by atoms with van der Waals surface area (Å²) in [6, 6.07) is 18.7. The van der Waals surface area contributed by atoms with Crippen molar-refractivity contribution in [2.24, 2.45) is 11.0 Å². The topological polar surface area (TPSA) is 61.8 Å². The van der Waals surface area contributed by atoms with E-state index in [1.807, 2.05) is 48.5 Å². The molecule has 0 spiro atoms. The smallest absolute Gasteiger partial charge is 0.261 e. The summed E-state index contributed by atoms with van der Waals surface area (Å²) in [5.41, 5.74) is 2.15. The zero-order chi connectivity index (χ0) is 16.2. The molecule has 5 nitrogen and oxygen atoms in total. The highest BCUT2D eigenvalue weighted by Crippen LogP contribution is 2.20. The molecule has 1 heterocycles. The van der Waals surface area contributed by atoms with Gasteiger partial charge >= 0.3 is 0 Å². The van der Waals surface area contributed by atoms with Crippen LogP contribution < -0.4 is 5.32 Å². The lowest BCUT2D eigenvalue weighted by molar-refractivity contribution is -0.136. The number of hydrogen-bond donors (Lipinski definition) is 1. The Hall–Kier alpha value is -2.95. The van der Waals surface area contributed by atoms with E-state index in [0.29, 0.717) is 17.9 Å². The van der Waals surface area contributed by atoms with Crippen molar-refractivity contribution >= 4 is 23.2 Å². The van der Waals surface area contributed by atoms with Gasteiger partial charge in [0.2, 0.25) is 5.91 Å². The van der Waals surface area contributed by atoms with E-state index in [4.69, 9.17) is 0 Å². The van der Waals surface area contributed by atoms with E-state index in [1.54, 1.807) is 19.1 Å². The number of nitrogens with one attached hydrogen (secondary N) is 1. The molecule has 0 aliphatic carbocycles. The van der Waals surface area contributed by atoms with Gasteiger partial charge < -0.3 is 5.32 Å². The Kier molecular flexibility index (Phi) is 4.19. The number of nitrogens with zero attached hydrogens (tertiary/aromatic N) is 2. The second kappa shape index (κ2) is 6.44. The molecule has 0 saturated carbocycles. The standard InChI is InChI=1S/C18H17N3O2/c1-13-16(17(22)19-15-10-6-3-7-11-15)18(23)21(20-13)12-14-8-4-2-5-9-14/h2-11,16H,12H2,1H3,(H,19,22)/t16-/m0/s1. The number of rotatable bonds is 4. The predicted molar refractivity (Wildman–Crippen MR) is 88.7 cm³/mol. The first-order valence-electron chi connectivity index (χ1n) is 7.41. The number of benzene rings is 2. The normalized spacial score (nSPS) is 17.1. The third-order valence-electron chi connectivity index (χ3n) is 3.68. The number of para-hydroxylation sites is 1. The molecule has 0 aromatic heterocycles. The first-order chi connectivity index (χ1) is 11.1. The summed E-state index contributed by atoms with van der Waals surface area (Å²) in [6.45, 7) is 2.07. The van der Waals surface area contributed by atoms with Gasteiger partial charge in [-0.2, -0.15) is 5.10 Å². The van der Waals surface area contributed by atoms with Gasteiger partial charge in [0.1, 0.15) is 0 Å². The molecule has 3 rings (SSSR count). The van der Waals surface area contributed by atoms with Gasteiger partial charge in [0.25, 0.3) is 5.91 Å². The molecule has 0 bridgehead atoms. The van der Waals surface area contributed by atoms with Crippen molar-refractivity contribution in [3.63, 3.8) is 0 Å². The molecule has 0 radical (unpaired) electrons. The van der Waals surface area contributed by atoms with Crippen LogP contribution in [0.15, 0.2) is 65.8 Å². The van der Waals surface area contributed by atoms with Crippen LogP contribution in [0, 0.1) is 5.92 Å². The van der Waals surface area contributed by atoms with Gasteiger partial charge in [-0.15, -0.1) is 0 Å². The minimum atomic E-state index is -0.862. The third-order valence-corrected chi connectivity index (χ3v) is 3.68. The van der Waals surface area contributed by atoms with Crippen LogP contribution >= 0.6 is 0 Å². The van der Waals surface area contributed by atoms with E-state index in [-0.39, 0.29) is 11.8 Å². The molecule has 2 aromatic carbocycles. The highest BCUT2D eigenvalue weighted by atomic mass is 16.2. The molecule has 2 amide bonds. The van der Waals surface area contributed by atoms with Gasteiger partial charge in [-0.25, -0.2) is 5.01 Å². The lowest BCUT2D eigenvalue weighted by Gasteiger charge is -2.14. The highest BCUT2D eigenvalue weighted by Gasteiger charge is 2.38. The Balaban J connectivity index is 1.71. The molecule has 1 aliphatic heterocycles. The lowest BCUT2D eigenvalue weighted by atomic mass is 10.0. The molecule has 23 heavy (non-hydrogen) atoms. The second-order valence-electron chi connectivity index (χ2n) is 5.41. The van der Waals surface area contributed by atoms with Crippen molar-refractivity contribution in [1.29, 1.82) is 0 Å². The van der Waals surface area contributed by atoms with E-state index in [0.717, 1.165) is 5.56 Å². The molecule has 1 atom stereocenters. The van der Waals surface area contributed by atoms with Crippen LogP contribution in [0.1, 0.15) is 12.5 Å². The maximum atomic E-state index is 12.5. The number of hydrazone groups is 1.